The molecule has 0 heterocycles. The van der Waals surface area contributed by atoms with Crippen molar-refractivity contribution in [3.63, 3.8) is 0 Å². The molecule has 0 aromatic carbocycles. The van der Waals surface area contributed by atoms with Crippen LogP contribution in [0.1, 0.15) is 47.0 Å². The highest BCUT2D eigenvalue weighted by Crippen LogP contribution is 2.42. The Bertz CT molecular complexity index is 78.7. The molecule has 1 aliphatic rings. The lowest BCUT2D eigenvalue weighted by molar-refractivity contribution is 0.0238. The van der Waals surface area contributed by atoms with Crippen molar-refractivity contribution in [1.82, 2.24) is 0 Å². The number of rotatable bonds is 1. The van der Waals surface area contributed by atoms with Crippen LogP contribution in [0.5, 0.6) is 0 Å². The maximum atomic E-state index is 12.6. The van der Waals surface area contributed by atoms with Gasteiger partial charge in [0, 0.05) is 0 Å². The molecule has 1 aliphatic carbocycles. The lowest BCUT2D eigenvalue weighted by Crippen LogP contribution is -2.36. The van der Waals surface area contributed by atoms with E-state index in [2.05, 4.69) is 6.92 Å². The van der Waals surface area contributed by atoms with Gasteiger partial charge in [-0.15, -0.1) is 0 Å². The average Bonchev–Trinajstić information content (AvgIpc) is 1.87. The highest BCUT2D eigenvalue weighted by Gasteiger charge is 2.38. The highest BCUT2D eigenvalue weighted by atomic mass is 19.1. The minimum Gasteiger partial charge on any atom is -0.244 e. The lowest BCUT2D eigenvalue weighted by Gasteiger charge is -2.38. The zero-order chi connectivity index (χ0) is 8.20. The third-order valence-corrected chi connectivity index (χ3v) is 2.01. The third-order valence-electron chi connectivity index (χ3n) is 2.01. The molecule has 0 saturated heterocycles. The Labute approximate surface area is 63.8 Å². The fourth-order valence-corrected chi connectivity index (χ4v) is 1.43. The van der Waals surface area contributed by atoms with Gasteiger partial charge in [-0.1, -0.05) is 27.2 Å². The Morgan fingerprint density at radius 2 is 1.80 bits per heavy atom. The van der Waals surface area contributed by atoms with E-state index in [9.17, 15) is 4.39 Å². The van der Waals surface area contributed by atoms with Crippen molar-refractivity contribution in [3.8, 4) is 0 Å². The van der Waals surface area contributed by atoms with Gasteiger partial charge in [0.05, 0.1) is 0 Å². The van der Waals surface area contributed by atoms with E-state index < -0.39 is 5.67 Å². The van der Waals surface area contributed by atoms with Crippen LogP contribution in [-0.4, -0.2) is 5.67 Å². The fraction of sp³-hybridized carbons (Fsp3) is 1.00. The Kier molecular flexibility index (Phi) is 3.92. The quantitative estimate of drug-likeness (QED) is 0.530. The van der Waals surface area contributed by atoms with E-state index >= 15 is 0 Å². The van der Waals surface area contributed by atoms with Crippen LogP contribution >= 0.6 is 0 Å². The summed E-state index contributed by atoms with van der Waals surface area (Å²) in [7, 11) is 0. The van der Waals surface area contributed by atoms with Gasteiger partial charge in [-0.05, 0) is 25.7 Å². The van der Waals surface area contributed by atoms with Crippen LogP contribution in [0.15, 0.2) is 0 Å². The van der Waals surface area contributed by atoms with Gasteiger partial charge in [0.15, 0.2) is 0 Å². The Hall–Kier alpha value is -0.0700. The molecule has 0 unspecified atom stereocenters. The van der Waals surface area contributed by atoms with Crippen molar-refractivity contribution in [2.75, 3.05) is 0 Å². The summed E-state index contributed by atoms with van der Waals surface area (Å²) in [6.07, 6.45) is 2.74. The summed E-state index contributed by atoms with van der Waals surface area (Å²) in [5.74, 6) is 0.685. The first-order valence-electron chi connectivity index (χ1n) is 4.33. The SMILES string of the molecule is CC.CCC1CC(C)(F)C1. The largest absolute Gasteiger partial charge is 0.244 e. The molecule has 0 atom stereocenters. The summed E-state index contributed by atoms with van der Waals surface area (Å²) in [5.41, 5.74) is -0.805. The molecule has 10 heavy (non-hydrogen) atoms. The van der Waals surface area contributed by atoms with Crippen LogP contribution in [0, 0.1) is 5.92 Å². The zero-order valence-electron chi connectivity index (χ0n) is 7.58. The topological polar surface area (TPSA) is 0 Å². The highest BCUT2D eigenvalue weighted by molar-refractivity contribution is 4.89. The second-order valence-electron chi connectivity index (χ2n) is 3.10. The predicted octanol–water partition coefficient (Wildman–Crippen LogP) is 3.56. The van der Waals surface area contributed by atoms with E-state index in [-0.39, 0.29) is 0 Å². The molecule has 0 aromatic rings. The van der Waals surface area contributed by atoms with Gasteiger partial charge >= 0.3 is 0 Å². The minimum atomic E-state index is -0.805. The van der Waals surface area contributed by atoms with Crippen LogP contribution in [0.25, 0.3) is 0 Å². The van der Waals surface area contributed by atoms with Crippen molar-refractivity contribution < 1.29 is 4.39 Å². The normalized spacial score (nSPS) is 37.5. The molecule has 0 N–H and O–H groups in total. The van der Waals surface area contributed by atoms with Crippen molar-refractivity contribution in [2.24, 2.45) is 5.92 Å². The van der Waals surface area contributed by atoms with Crippen LogP contribution in [0.4, 0.5) is 4.39 Å². The minimum absolute atomic E-state index is 0.685. The van der Waals surface area contributed by atoms with Crippen molar-refractivity contribution in [2.45, 2.75) is 52.6 Å². The summed E-state index contributed by atoms with van der Waals surface area (Å²) >= 11 is 0. The van der Waals surface area contributed by atoms with Crippen LogP contribution < -0.4 is 0 Å². The molecule has 0 radical (unpaired) electrons. The molecule has 0 bridgehead atoms. The van der Waals surface area contributed by atoms with E-state index in [1.54, 1.807) is 6.92 Å². The smallest absolute Gasteiger partial charge is 0.108 e. The first kappa shape index (κ1) is 9.93. The predicted molar refractivity (Wildman–Crippen MR) is 43.9 cm³/mol. The zero-order valence-corrected chi connectivity index (χ0v) is 7.58. The second kappa shape index (κ2) is 3.95. The summed E-state index contributed by atoms with van der Waals surface area (Å²) in [6, 6.07) is 0. The van der Waals surface area contributed by atoms with E-state index in [1.165, 1.54) is 0 Å². The molecule has 62 valence electrons. The van der Waals surface area contributed by atoms with Gasteiger partial charge in [-0.3, -0.25) is 0 Å². The van der Waals surface area contributed by atoms with Gasteiger partial charge < -0.3 is 0 Å². The van der Waals surface area contributed by atoms with Crippen LogP contribution in [0.2, 0.25) is 0 Å². The van der Waals surface area contributed by atoms with E-state index in [4.69, 9.17) is 0 Å². The van der Waals surface area contributed by atoms with Gasteiger partial charge in [-0.2, -0.15) is 0 Å². The van der Waals surface area contributed by atoms with E-state index in [0.29, 0.717) is 5.92 Å². The van der Waals surface area contributed by atoms with Crippen LogP contribution in [-0.2, 0) is 0 Å². The number of halogens is 1. The number of alkyl halides is 1. The standard InChI is InChI=1S/C7H13F.C2H6/c1-3-6-4-7(2,8)5-6;1-2/h6H,3-5H2,1-2H3;1-2H3. The maximum absolute atomic E-state index is 12.6. The molecule has 1 saturated carbocycles. The summed E-state index contributed by atoms with van der Waals surface area (Å²) in [6.45, 7) is 7.82. The second-order valence-corrected chi connectivity index (χ2v) is 3.10. The maximum Gasteiger partial charge on any atom is 0.108 e. The molecule has 0 aliphatic heterocycles. The number of hydrogen-bond donors (Lipinski definition) is 0. The first-order chi connectivity index (χ1) is 4.64. The molecular formula is C9H19F. The van der Waals surface area contributed by atoms with Gasteiger partial charge in [0.1, 0.15) is 5.67 Å². The monoisotopic (exact) mass is 146 g/mol. The fourth-order valence-electron chi connectivity index (χ4n) is 1.43. The van der Waals surface area contributed by atoms with Gasteiger partial charge in [0.25, 0.3) is 0 Å². The van der Waals surface area contributed by atoms with E-state index in [0.717, 1.165) is 19.3 Å². The lowest BCUT2D eigenvalue weighted by atomic mass is 9.72. The number of hydrogen-bond acceptors (Lipinski definition) is 0. The molecule has 0 aromatic heterocycles. The third kappa shape index (κ3) is 2.68. The van der Waals surface area contributed by atoms with Crippen LogP contribution in [0.3, 0.4) is 0 Å². The van der Waals surface area contributed by atoms with Crippen molar-refractivity contribution in [1.29, 1.82) is 0 Å². The molecule has 1 rings (SSSR count). The Morgan fingerprint density at radius 3 is 1.90 bits per heavy atom. The average molecular weight is 146 g/mol. The first-order valence-corrected chi connectivity index (χ1v) is 4.33. The summed E-state index contributed by atoms with van der Waals surface area (Å²) in [5, 5.41) is 0. The van der Waals surface area contributed by atoms with E-state index in [1.807, 2.05) is 13.8 Å². The van der Waals surface area contributed by atoms with Gasteiger partial charge in [-0.25, -0.2) is 4.39 Å². The Morgan fingerprint density at radius 1 is 1.40 bits per heavy atom. The molecule has 0 spiro atoms. The molecule has 1 heteroatoms. The molecule has 1 fully saturated rings. The summed E-state index contributed by atoms with van der Waals surface area (Å²) < 4.78 is 12.6. The molecular weight excluding hydrogens is 127 g/mol. The summed E-state index contributed by atoms with van der Waals surface area (Å²) in [4.78, 5) is 0. The van der Waals surface area contributed by atoms with Crippen molar-refractivity contribution >= 4 is 0 Å². The molecule has 0 nitrogen and oxygen atoms in total. The van der Waals surface area contributed by atoms with Crippen molar-refractivity contribution in [3.05, 3.63) is 0 Å². The van der Waals surface area contributed by atoms with Gasteiger partial charge in [0.2, 0.25) is 0 Å². The molecule has 0 amide bonds. The Balaban J connectivity index is 0.000000371.